The normalized spacial score (nSPS) is 34.5. The average Bonchev–Trinajstić information content (AvgIpc) is 3.29. The Bertz CT molecular complexity index is 1140. The number of hydrogen-bond acceptors (Lipinski definition) is 5. The molecule has 232 valence electrons. The summed E-state index contributed by atoms with van der Waals surface area (Å²) in [5.74, 6) is 3.29. The van der Waals surface area contributed by atoms with Gasteiger partial charge in [0.25, 0.3) is 0 Å². The highest BCUT2D eigenvalue weighted by Gasteiger charge is 2.61. The fourth-order valence-corrected chi connectivity index (χ4v) is 9.91. The Morgan fingerprint density at radius 1 is 0.976 bits per heavy atom. The molecule has 1 aromatic carbocycles. The van der Waals surface area contributed by atoms with Crippen molar-refractivity contribution in [1.29, 1.82) is 0 Å². The van der Waals surface area contributed by atoms with Gasteiger partial charge in [-0.25, -0.2) is 4.79 Å². The van der Waals surface area contributed by atoms with Gasteiger partial charge in [0.2, 0.25) is 5.91 Å². The van der Waals surface area contributed by atoms with E-state index in [1.807, 2.05) is 24.3 Å². The Morgan fingerprint density at radius 2 is 1.67 bits per heavy atom. The lowest BCUT2D eigenvalue weighted by Gasteiger charge is -2.60. The number of rotatable bonds is 10. The summed E-state index contributed by atoms with van der Waals surface area (Å²) in [6.07, 6.45) is 9.31. The summed E-state index contributed by atoms with van der Waals surface area (Å²) in [6.45, 7) is 7.67. The summed E-state index contributed by atoms with van der Waals surface area (Å²) in [4.78, 5) is 40.1. The van der Waals surface area contributed by atoms with Crippen molar-refractivity contribution in [2.45, 2.75) is 97.1 Å². The van der Waals surface area contributed by atoms with Crippen LogP contribution in [-0.4, -0.2) is 54.7 Å². The van der Waals surface area contributed by atoms with Crippen LogP contribution >= 0.6 is 23.2 Å². The second kappa shape index (κ2) is 13.1. The van der Waals surface area contributed by atoms with Crippen LogP contribution in [-0.2, 0) is 25.5 Å². The van der Waals surface area contributed by atoms with E-state index in [0.29, 0.717) is 60.7 Å². The molecule has 0 radical (unpaired) electrons. The molecule has 4 fully saturated rings. The van der Waals surface area contributed by atoms with Gasteiger partial charge in [-0.1, -0.05) is 26.0 Å². The molecule has 0 spiro atoms. The molecule has 0 bridgehead atoms. The molecule has 8 atom stereocenters. The van der Waals surface area contributed by atoms with Gasteiger partial charge in [-0.3, -0.25) is 9.59 Å². The molecule has 0 unspecified atom stereocenters. The lowest BCUT2D eigenvalue weighted by molar-refractivity contribution is -0.167. The number of halogens is 2. The molecule has 4 aliphatic carbocycles. The number of nitrogens with one attached hydrogen (secondary N) is 1. The van der Waals surface area contributed by atoms with Gasteiger partial charge in [0, 0.05) is 62.1 Å². The molecule has 4 saturated carbocycles. The summed E-state index contributed by atoms with van der Waals surface area (Å²) in [7, 11) is 0. The maximum atomic E-state index is 13.6. The predicted octanol–water partition coefficient (Wildman–Crippen LogP) is 6.54. The van der Waals surface area contributed by atoms with Crippen molar-refractivity contribution in [2.75, 3.05) is 29.7 Å². The van der Waals surface area contributed by atoms with Gasteiger partial charge in [0.15, 0.2) is 0 Å². The van der Waals surface area contributed by atoms with Crippen LogP contribution in [0.25, 0.3) is 0 Å². The Kier molecular flexibility index (Phi) is 9.83. The van der Waals surface area contributed by atoms with Crippen LogP contribution in [0.2, 0.25) is 0 Å². The highest BCUT2D eigenvalue weighted by Crippen LogP contribution is 2.66. The molecule has 1 aromatic rings. The quantitative estimate of drug-likeness (QED) is 0.238. The Balaban J connectivity index is 1.26. The number of fused-ring (bicyclic) bond motifs is 5. The van der Waals surface area contributed by atoms with E-state index in [1.165, 1.54) is 13.3 Å². The minimum Gasteiger partial charge on any atom is -0.460 e. The molecule has 4 aliphatic rings. The molecule has 1 amide bonds. The van der Waals surface area contributed by atoms with Crippen LogP contribution < -0.4 is 10.2 Å². The number of nitrogens with zero attached hydrogens (tertiary/aromatic N) is 1. The van der Waals surface area contributed by atoms with Gasteiger partial charge in [0.1, 0.15) is 17.9 Å². The fraction of sp³-hybridized carbons (Fsp3) is 0.735. The Hall–Kier alpha value is -1.79. The molecular weight excluding hydrogens is 571 g/mol. The number of carbonyl (C=O) groups is 3. The highest BCUT2D eigenvalue weighted by molar-refractivity contribution is 6.18. The van der Waals surface area contributed by atoms with E-state index >= 15 is 0 Å². The van der Waals surface area contributed by atoms with Crippen molar-refractivity contribution in [3.05, 3.63) is 29.8 Å². The molecule has 0 aliphatic heterocycles. The molecule has 0 aromatic heterocycles. The van der Waals surface area contributed by atoms with Crippen molar-refractivity contribution >= 4 is 46.5 Å². The van der Waals surface area contributed by atoms with E-state index in [0.717, 1.165) is 62.6 Å². The van der Waals surface area contributed by atoms with E-state index < -0.39 is 6.04 Å². The summed E-state index contributed by atoms with van der Waals surface area (Å²) >= 11 is 11.9. The number of Topliss-reactive ketones (excluding diaryl/α,β-unsaturated/α-hetero) is 1. The second-order valence-corrected chi connectivity index (χ2v) is 14.7. The average molecular weight is 620 g/mol. The predicted molar refractivity (Wildman–Crippen MR) is 168 cm³/mol. The number of carbonyl (C=O) groups excluding carboxylic acids is 3. The summed E-state index contributed by atoms with van der Waals surface area (Å²) < 4.78 is 6.33. The van der Waals surface area contributed by atoms with Crippen LogP contribution in [0.15, 0.2) is 24.3 Å². The maximum absolute atomic E-state index is 13.6. The van der Waals surface area contributed by atoms with E-state index in [2.05, 4.69) is 24.1 Å². The van der Waals surface area contributed by atoms with E-state index in [1.54, 1.807) is 0 Å². The summed E-state index contributed by atoms with van der Waals surface area (Å²) in [5.41, 5.74) is 2.21. The number of esters is 1. The number of ketones is 1. The molecular formula is C34H48Cl2N2O4. The van der Waals surface area contributed by atoms with Crippen LogP contribution in [0.5, 0.6) is 0 Å². The van der Waals surface area contributed by atoms with E-state index in [4.69, 9.17) is 27.9 Å². The first-order chi connectivity index (χ1) is 20.1. The summed E-state index contributed by atoms with van der Waals surface area (Å²) in [6, 6.07) is 7.29. The molecule has 0 heterocycles. The largest absolute Gasteiger partial charge is 0.460 e. The minimum absolute atomic E-state index is 0.0404. The topological polar surface area (TPSA) is 75.7 Å². The van der Waals surface area contributed by atoms with Crippen molar-refractivity contribution < 1.29 is 19.1 Å². The van der Waals surface area contributed by atoms with Gasteiger partial charge in [-0.15, -0.1) is 23.2 Å². The lowest BCUT2D eigenvalue weighted by atomic mass is 9.45. The van der Waals surface area contributed by atoms with Crippen LogP contribution in [0, 0.1) is 34.5 Å². The smallest absolute Gasteiger partial charge is 0.329 e. The molecule has 5 rings (SSSR count). The van der Waals surface area contributed by atoms with Crippen molar-refractivity contribution in [2.24, 2.45) is 34.5 Å². The van der Waals surface area contributed by atoms with E-state index in [9.17, 15) is 14.4 Å². The number of amides is 1. The van der Waals surface area contributed by atoms with Crippen LogP contribution in [0.1, 0.15) is 84.1 Å². The van der Waals surface area contributed by atoms with Crippen molar-refractivity contribution in [3.63, 3.8) is 0 Å². The zero-order valence-electron chi connectivity index (χ0n) is 25.5. The first-order valence-electron chi connectivity index (χ1n) is 16.0. The summed E-state index contributed by atoms with van der Waals surface area (Å²) in [5, 5.41) is 2.86. The number of hydrogen-bond donors (Lipinski definition) is 1. The fourth-order valence-electron chi connectivity index (χ4n) is 9.50. The lowest BCUT2D eigenvalue weighted by Crippen LogP contribution is -2.54. The molecule has 42 heavy (non-hydrogen) atoms. The zero-order valence-corrected chi connectivity index (χ0v) is 27.0. The van der Waals surface area contributed by atoms with Crippen LogP contribution in [0.4, 0.5) is 5.69 Å². The molecule has 1 N–H and O–H groups in total. The zero-order chi connectivity index (χ0) is 30.1. The Labute approximate surface area is 261 Å². The second-order valence-electron chi connectivity index (χ2n) is 13.9. The monoisotopic (exact) mass is 618 g/mol. The maximum Gasteiger partial charge on any atom is 0.329 e. The molecule has 8 heteroatoms. The number of benzene rings is 1. The minimum atomic E-state index is -0.733. The third kappa shape index (κ3) is 6.22. The number of ether oxygens (including phenoxy) is 1. The SMILES string of the molecule is CC(=O)N[C@H](Cc1ccc(N(CCCl)CCCl)cc1)C(=O)O[C@@H]1CC[C@H]2[C@H]3CC[C@H]4CC(=O)CC[C@]4(C)[C@@H]3CC[C@]12C. The van der Waals surface area contributed by atoms with Crippen molar-refractivity contribution in [3.8, 4) is 0 Å². The van der Waals surface area contributed by atoms with Gasteiger partial charge in [-0.2, -0.15) is 0 Å². The number of anilines is 1. The van der Waals surface area contributed by atoms with Crippen LogP contribution in [0.3, 0.4) is 0 Å². The third-order valence-corrected chi connectivity index (χ3v) is 12.1. The standard InChI is InChI=1S/C34H48Cl2N2O4/c1-22(39)37-30(20-23-4-7-25(8-5-23)38(18-16-35)19-17-36)32(41)42-31-11-10-28-27-9-6-24-21-26(40)12-14-33(24,2)29(27)13-15-34(28,31)3/h4-5,7-8,24,27-31H,6,9-21H2,1-3H3,(H,37,39)/t24-,27+,28-,29+,30+,31+,33-,34-/m0/s1. The number of alkyl halides is 2. The van der Waals surface area contributed by atoms with Gasteiger partial charge in [0.05, 0.1) is 0 Å². The van der Waals surface area contributed by atoms with E-state index in [-0.39, 0.29) is 28.8 Å². The Morgan fingerprint density at radius 3 is 2.33 bits per heavy atom. The first kappa shape index (κ1) is 31.6. The third-order valence-electron chi connectivity index (χ3n) is 11.8. The molecule has 0 saturated heterocycles. The highest BCUT2D eigenvalue weighted by atomic mass is 35.5. The van der Waals surface area contributed by atoms with Gasteiger partial charge in [-0.05, 0) is 91.7 Å². The van der Waals surface area contributed by atoms with Gasteiger partial charge < -0.3 is 15.0 Å². The molecule has 6 nitrogen and oxygen atoms in total. The van der Waals surface area contributed by atoms with Gasteiger partial charge >= 0.3 is 5.97 Å². The van der Waals surface area contributed by atoms with Crippen molar-refractivity contribution in [1.82, 2.24) is 5.32 Å². The first-order valence-corrected chi connectivity index (χ1v) is 17.1.